The quantitative estimate of drug-likeness (QED) is 0.783. The number of carbonyl (C=O) groups excluding carboxylic acids is 1. The van der Waals surface area contributed by atoms with Crippen LogP contribution >= 0.6 is 0 Å². The fourth-order valence-electron chi connectivity index (χ4n) is 2.86. The third-order valence-corrected chi connectivity index (χ3v) is 3.90. The van der Waals surface area contributed by atoms with Crippen molar-refractivity contribution in [2.75, 3.05) is 20.1 Å². The van der Waals surface area contributed by atoms with Gasteiger partial charge in [-0.15, -0.1) is 0 Å². The van der Waals surface area contributed by atoms with E-state index in [1.54, 1.807) is 0 Å². The maximum absolute atomic E-state index is 12.3. The lowest BCUT2D eigenvalue weighted by molar-refractivity contribution is -0.136. The summed E-state index contributed by atoms with van der Waals surface area (Å²) in [6, 6.07) is 1.03. The van der Waals surface area contributed by atoms with E-state index in [9.17, 15) is 4.79 Å². The lowest BCUT2D eigenvalue weighted by Crippen LogP contribution is -2.49. The summed E-state index contributed by atoms with van der Waals surface area (Å²) in [5.74, 6) is 0.221. The van der Waals surface area contributed by atoms with E-state index in [0.717, 1.165) is 13.0 Å². The first-order valence-corrected chi connectivity index (χ1v) is 6.71. The second-order valence-electron chi connectivity index (χ2n) is 5.30. The molecule has 0 aromatic heterocycles. The molecule has 1 saturated heterocycles. The molecule has 0 bridgehead atoms. The van der Waals surface area contributed by atoms with Gasteiger partial charge in [-0.05, 0) is 46.6 Å². The van der Waals surface area contributed by atoms with Crippen LogP contribution in [0.3, 0.4) is 0 Å². The minimum Gasteiger partial charge on any atom is -0.344 e. The normalized spacial score (nSPS) is 27.1. The monoisotopic (exact) mass is 241 g/mol. The number of likely N-dealkylation sites (tertiary alicyclic amines) is 1. The van der Waals surface area contributed by atoms with Crippen molar-refractivity contribution in [3.63, 3.8) is 0 Å². The van der Waals surface area contributed by atoms with Crippen molar-refractivity contribution in [2.24, 2.45) is 5.73 Å². The molecule has 0 aliphatic carbocycles. The average Bonchev–Trinajstić information content (AvgIpc) is 2.64. The standard InChI is InChI=1S/C13H27N3O/c1-10-6-7-11(2)16(10)12(3)13(17)15(4)9-5-8-14/h10-12H,5-9,14H2,1-4H3. The molecule has 2 N–H and O–H groups in total. The van der Waals surface area contributed by atoms with Crippen LogP contribution in [0, 0.1) is 0 Å². The maximum Gasteiger partial charge on any atom is 0.239 e. The molecule has 3 unspecified atom stereocenters. The topological polar surface area (TPSA) is 49.6 Å². The zero-order chi connectivity index (χ0) is 13.0. The minimum absolute atomic E-state index is 0.00901. The van der Waals surface area contributed by atoms with Gasteiger partial charge >= 0.3 is 0 Å². The van der Waals surface area contributed by atoms with Crippen molar-refractivity contribution in [3.05, 3.63) is 0 Å². The highest BCUT2D eigenvalue weighted by Crippen LogP contribution is 2.26. The minimum atomic E-state index is -0.00901. The maximum atomic E-state index is 12.3. The van der Waals surface area contributed by atoms with Gasteiger partial charge in [-0.25, -0.2) is 0 Å². The van der Waals surface area contributed by atoms with E-state index in [0.29, 0.717) is 18.6 Å². The van der Waals surface area contributed by atoms with Crippen LogP contribution in [0.25, 0.3) is 0 Å². The summed E-state index contributed by atoms with van der Waals surface area (Å²) in [4.78, 5) is 16.4. The molecule has 0 spiro atoms. The van der Waals surface area contributed by atoms with E-state index in [4.69, 9.17) is 5.73 Å². The molecule has 3 atom stereocenters. The van der Waals surface area contributed by atoms with Crippen LogP contribution in [-0.2, 0) is 4.79 Å². The van der Waals surface area contributed by atoms with E-state index in [2.05, 4.69) is 18.7 Å². The summed E-state index contributed by atoms with van der Waals surface area (Å²) in [6.07, 6.45) is 3.27. The third kappa shape index (κ3) is 3.42. The highest BCUT2D eigenvalue weighted by Gasteiger charge is 2.35. The van der Waals surface area contributed by atoms with Gasteiger partial charge in [-0.1, -0.05) is 0 Å². The van der Waals surface area contributed by atoms with Crippen molar-refractivity contribution in [2.45, 2.75) is 58.2 Å². The molecule has 0 aromatic carbocycles. The Bertz CT molecular complexity index is 247. The van der Waals surface area contributed by atoms with Crippen LogP contribution in [0.15, 0.2) is 0 Å². The molecule has 1 rings (SSSR count). The molecule has 0 radical (unpaired) electrons. The molecule has 4 heteroatoms. The highest BCUT2D eigenvalue weighted by atomic mass is 16.2. The molecule has 100 valence electrons. The smallest absolute Gasteiger partial charge is 0.239 e. The fourth-order valence-corrected chi connectivity index (χ4v) is 2.86. The average molecular weight is 241 g/mol. The van der Waals surface area contributed by atoms with E-state index in [1.807, 2.05) is 18.9 Å². The van der Waals surface area contributed by atoms with Gasteiger partial charge in [-0.3, -0.25) is 9.69 Å². The highest BCUT2D eigenvalue weighted by molar-refractivity contribution is 5.81. The number of hydrogen-bond acceptors (Lipinski definition) is 3. The number of hydrogen-bond donors (Lipinski definition) is 1. The van der Waals surface area contributed by atoms with Crippen molar-refractivity contribution in [1.82, 2.24) is 9.80 Å². The molecule has 17 heavy (non-hydrogen) atoms. The Hall–Kier alpha value is -0.610. The van der Waals surface area contributed by atoms with Crippen molar-refractivity contribution >= 4 is 5.91 Å². The van der Waals surface area contributed by atoms with E-state index >= 15 is 0 Å². The lowest BCUT2D eigenvalue weighted by atomic mass is 10.2. The Morgan fingerprint density at radius 2 is 1.94 bits per heavy atom. The van der Waals surface area contributed by atoms with Gasteiger partial charge in [0.15, 0.2) is 0 Å². The molecule has 4 nitrogen and oxygen atoms in total. The first kappa shape index (κ1) is 14.5. The number of rotatable bonds is 5. The summed E-state index contributed by atoms with van der Waals surface area (Å²) in [5, 5.41) is 0. The van der Waals surface area contributed by atoms with Crippen LogP contribution in [0.1, 0.15) is 40.0 Å². The van der Waals surface area contributed by atoms with Crippen molar-refractivity contribution < 1.29 is 4.79 Å². The zero-order valence-corrected chi connectivity index (χ0v) is 11.6. The second kappa shape index (κ2) is 6.36. The largest absolute Gasteiger partial charge is 0.344 e. The van der Waals surface area contributed by atoms with Crippen LogP contribution in [0.2, 0.25) is 0 Å². The summed E-state index contributed by atoms with van der Waals surface area (Å²) in [6.45, 7) is 7.86. The Balaban J connectivity index is 2.56. The predicted octanol–water partition coefficient (Wildman–Crippen LogP) is 1.05. The van der Waals surface area contributed by atoms with Crippen LogP contribution in [0.5, 0.6) is 0 Å². The predicted molar refractivity (Wildman–Crippen MR) is 70.8 cm³/mol. The molecule has 1 aliphatic rings. The van der Waals surface area contributed by atoms with Gasteiger partial charge in [0.2, 0.25) is 5.91 Å². The SMILES string of the molecule is CC1CCC(C)N1C(C)C(=O)N(C)CCCN. The Kier molecular flexibility index (Phi) is 5.40. The molecule has 1 aliphatic heterocycles. The molecule has 0 aromatic rings. The molecular formula is C13H27N3O. The van der Waals surface area contributed by atoms with Crippen molar-refractivity contribution in [1.29, 1.82) is 0 Å². The molecular weight excluding hydrogens is 214 g/mol. The first-order valence-electron chi connectivity index (χ1n) is 6.71. The number of carbonyl (C=O) groups is 1. The number of likely N-dealkylation sites (N-methyl/N-ethyl adjacent to an activating group) is 1. The Labute approximate surface area is 105 Å². The van der Waals surface area contributed by atoms with Crippen LogP contribution in [-0.4, -0.2) is 54.0 Å². The van der Waals surface area contributed by atoms with Gasteiger partial charge in [0.25, 0.3) is 0 Å². The van der Waals surface area contributed by atoms with E-state index in [1.165, 1.54) is 12.8 Å². The first-order chi connectivity index (χ1) is 7.99. The van der Waals surface area contributed by atoms with E-state index < -0.39 is 0 Å². The summed E-state index contributed by atoms with van der Waals surface area (Å²) >= 11 is 0. The molecule has 1 heterocycles. The number of amides is 1. The lowest BCUT2D eigenvalue weighted by Gasteiger charge is -2.34. The van der Waals surface area contributed by atoms with E-state index in [-0.39, 0.29) is 11.9 Å². The molecule has 1 fully saturated rings. The van der Waals surface area contributed by atoms with Gasteiger partial charge in [0.1, 0.15) is 0 Å². The summed E-state index contributed by atoms with van der Waals surface area (Å²) in [7, 11) is 1.87. The summed E-state index contributed by atoms with van der Waals surface area (Å²) < 4.78 is 0. The zero-order valence-electron chi connectivity index (χ0n) is 11.6. The molecule has 0 saturated carbocycles. The van der Waals surface area contributed by atoms with Crippen molar-refractivity contribution in [3.8, 4) is 0 Å². The fraction of sp³-hybridized carbons (Fsp3) is 0.923. The Morgan fingerprint density at radius 1 is 1.41 bits per heavy atom. The third-order valence-electron chi connectivity index (χ3n) is 3.90. The number of nitrogens with zero attached hydrogens (tertiary/aromatic N) is 2. The van der Waals surface area contributed by atoms with Gasteiger partial charge in [0, 0.05) is 25.7 Å². The summed E-state index contributed by atoms with van der Waals surface area (Å²) in [5.41, 5.74) is 5.47. The van der Waals surface area contributed by atoms with Gasteiger partial charge in [-0.2, -0.15) is 0 Å². The van der Waals surface area contributed by atoms with Crippen LogP contribution < -0.4 is 5.73 Å². The van der Waals surface area contributed by atoms with Gasteiger partial charge in [0.05, 0.1) is 6.04 Å². The van der Waals surface area contributed by atoms with Gasteiger partial charge < -0.3 is 10.6 Å². The number of nitrogens with two attached hydrogens (primary N) is 1. The molecule has 1 amide bonds. The second-order valence-corrected chi connectivity index (χ2v) is 5.30. The Morgan fingerprint density at radius 3 is 2.41 bits per heavy atom. The van der Waals surface area contributed by atoms with Crippen LogP contribution in [0.4, 0.5) is 0 Å².